The molecule has 1 aliphatic rings. The van der Waals surface area contributed by atoms with Gasteiger partial charge in [0, 0.05) is 25.6 Å². The number of aliphatic hydroxyl groups is 1. The van der Waals surface area contributed by atoms with Crippen molar-refractivity contribution in [2.45, 2.75) is 18.4 Å². The number of β-amino-alcohol motifs (C(OH)–C–C–N with tert-alkyl or cyclic N) is 1. The monoisotopic (exact) mass is 235 g/mol. The Hall–Kier alpha value is -0.430. The molecule has 0 saturated carbocycles. The molecule has 1 heterocycles. The third kappa shape index (κ3) is 3.01. The summed E-state index contributed by atoms with van der Waals surface area (Å²) in [6.07, 6.45) is 1.19. The van der Waals surface area contributed by atoms with Crippen LogP contribution in [0.4, 0.5) is 0 Å². The molecule has 5 nitrogen and oxygen atoms in total. The van der Waals surface area contributed by atoms with Gasteiger partial charge in [0.2, 0.25) is 10.0 Å². The highest BCUT2D eigenvalue weighted by atomic mass is 32.2. The second kappa shape index (κ2) is 4.61. The van der Waals surface area contributed by atoms with Crippen molar-refractivity contribution < 1.29 is 18.3 Å². The van der Waals surface area contributed by atoms with Gasteiger partial charge in [-0.05, 0) is 12.8 Å². The van der Waals surface area contributed by atoms with Crippen LogP contribution in [0.3, 0.4) is 0 Å². The van der Waals surface area contributed by atoms with E-state index in [1.807, 2.05) is 0 Å². The number of hydrogen-bond acceptors (Lipinski definition) is 4. The molecular weight excluding hydrogens is 218 g/mol. The van der Waals surface area contributed by atoms with Crippen LogP contribution in [0.15, 0.2) is 12.0 Å². The molecule has 0 amide bonds. The Morgan fingerprint density at radius 3 is 2.87 bits per heavy atom. The number of methoxy groups -OCH3 is 1. The van der Waals surface area contributed by atoms with Gasteiger partial charge >= 0.3 is 0 Å². The number of ether oxygens (including phenoxy) is 1. The van der Waals surface area contributed by atoms with Gasteiger partial charge < -0.3 is 9.84 Å². The number of nitrogens with zero attached hydrogens (tertiary/aromatic N) is 1. The predicted molar refractivity (Wildman–Crippen MR) is 56.7 cm³/mol. The first-order chi connectivity index (χ1) is 6.93. The molecule has 0 aromatic rings. The van der Waals surface area contributed by atoms with Gasteiger partial charge in [-0.3, -0.25) is 0 Å². The first-order valence-corrected chi connectivity index (χ1v) is 6.28. The molecule has 0 aromatic carbocycles. The summed E-state index contributed by atoms with van der Waals surface area (Å²) in [4.78, 5) is 0. The van der Waals surface area contributed by atoms with E-state index in [0.717, 1.165) is 5.41 Å². The maximum atomic E-state index is 11.5. The Balaban J connectivity index is 2.76. The second-order valence-electron chi connectivity index (χ2n) is 3.81. The van der Waals surface area contributed by atoms with Crippen LogP contribution < -0.4 is 0 Å². The zero-order valence-corrected chi connectivity index (χ0v) is 9.66. The van der Waals surface area contributed by atoms with E-state index >= 15 is 0 Å². The quantitative estimate of drug-likeness (QED) is 0.741. The van der Waals surface area contributed by atoms with Crippen LogP contribution >= 0.6 is 0 Å². The first kappa shape index (κ1) is 12.6. The largest absolute Gasteiger partial charge is 0.386 e. The lowest BCUT2D eigenvalue weighted by Crippen LogP contribution is -2.52. The van der Waals surface area contributed by atoms with Crippen LogP contribution in [0.1, 0.15) is 12.8 Å². The van der Waals surface area contributed by atoms with Gasteiger partial charge in [0.25, 0.3) is 0 Å². The summed E-state index contributed by atoms with van der Waals surface area (Å²) >= 11 is 0. The lowest BCUT2D eigenvalue weighted by Gasteiger charge is -2.37. The normalized spacial score (nSPS) is 28.9. The third-order valence-electron chi connectivity index (χ3n) is 2.50. The third-order valence-corrected chi connectivity index (χ3v) is 3.96. The fourth-order valence-electron chi connectivity index (χ4n) is 1.78. The molecule has 1 aliphatic heterocycles. The molecule has 1 unspecified atom stereocenters. The molecule has 1 saturated heterocycles. The molecule has 1 fully saturated rings. The minimum absolute atomic E-state index is 0.0786. The number of piperidine rings is 1. The summed E-state index contributed by atoms with van der Waals surface area (Å²) in [6, 6.07) is 0. The van der Waals surface area contributed by atoms with E-state index < -0.39 is 15.6 Å². The Bertz CT molecular complexity index is 323. The van der Waals surface area contributed by atoms with Gasteiger partial charge in [-0.2, -0.15) is 4.31 Å². The Labute approximate surface area is 90.4 Å². The summed E-state index contributed by atoms with van der Waals surface area (Å²) in [5.74, 6) is 0. The summed E-state index contributed by atoms with van der Waals surface area (Å²) in [7, 11) is -1.94. The maximum Gasteiger partial charge on any atom is 0.235 e. The van der Waals surface area contributed by atoms with Gasteiger partial charge in [0.15, 0.2) is 0 Å². The van der Waals surface area contributed by atoms with Crippen molar-refractivity contribution in [3.8, 4) is 0 Å². The molecule has 0 aliphatic carbocycles. The first-order valence-electron chi connectivity index (χ1n) is 4.77. The summed E-state index contributed by atoms with van der Waals surface area (Å²) in [6.45, 7) is 3.92. The molecule has 0 bridgehead atoms. The molecular formula is C9H17NO4S. The lowest BCUT2D eigenvalue weighted by molar-refractivity contribution is -0.0619. The van der Waals surface area contributed by atoms with Crippen molar-refractivity contribution in [2.24, 2.45) is 0 Å². The number of hydrogen-bond donors (Lipinski definition) is 1. The minimum Gasteiger partial charge on any atom is -0.386 e. The van der Waals surface area contributed by atoms with Crippen LogP contribution in [0.5, 0.6) is 0 Å². The van der Waals surface area contributed by atoms with E-state index in [4.69, 9.17) is 4.74 Å². The van der Waals surface area contributed by atoms with E-state index in [-0.39, 0.29) is 13.2 Å². The van der Waals surface area contributed by atoms with Crippen molar-refractivity contribution in [2.75, 3.05) is 26.8 Å². The molecule has 0 spiro atoms. The van der Waals surface area contributed by atoms with Crippen molar-refractivity contribution in [3.05, 3.63) is 12.0 Å². The second-order valence-corrected chi connectivity index (χ2v) is 5.69. The maximum absolute atomic E-state index is 11.5. The molecule has 1 rings (SSSR count). The van der Waals surface area contributed by atoms with Crippen LogP contribution in [0.25, 0.3) is 0 Å². The topological polar surface area (TPSA) is 66.8 Å². The molecule has 0 radical (unpaired) electrons. The Kier molecular flexibility index (Phi) is 3.88. The van der Waals surface area contributed by atoms with Crippen LogP contribution in [-0.2, 0) is 14.8 Å². The van der Waals surface area contributed by atoms with E-state index in [9.17, 15) is 13.5 Å². The van der Waals surface area contributed by atoms with Gasteiger partial charge in [0.05, 0.1) is 6.61 Å². The summed E-state index contributed by atoms with van der Waals surface area (Å²) in [5.41, 5.74) is -1.07. The zero-order valence-electron chi connectivity index (χ0n) is 8.85. The molecule has 0 aromatic heterocycles. The van der Waals surface area contributed by atoms with Crippen molar-refractivity contribution in [1.82, 2.24) is 4.31 Å². The van der Waals surface area contributed by atoms with Gasteiger partial charge in [-0.15, -0.1) is 0 Å². The van der Waals surface area contributed by atoms with E-state index in [2.05, 4.69) is 6.58 Å². The highest BCUT2D eigenvalue weighted by Gasteiger charge is 2.37. The van der Waals surface area contributed by atoms with Crippen molar-refractivity contribution in [1.29, 1.82) is 0 Å². The molecule has 1 atom stereocenters. The van der Waals surface area contributed by atoms with Crippen LogP contribution in [0.2, 0.25) is 0 Å². The van der Waals surface area contributed by atoms with Gasteiger partial charge in [-0.25, -0.2) is 8.42 Å². The Morgan fingerprint density at radius 1 is 1.67 bits per heavy atom. The SMILES string of the molecule is C=CS(=O)(=O)N1CCCC(O)(COC)C1. The summed E-state index contributed by atoms with van der Waals surface area (Å²) in [5, 5.41) is 10.9. The van der Waals surface area contributed by atoms with Crippen molar-refractivity contribution >= 4 is 10.0 Å². The molecule has 6 heteroatoms. The minimum atomic E-state index is -3.43. The summed E-state index contributed by atoms with van der Waals surface area (Å²) < 4.78 is 29.1. The molecule has 88 valence electrons. The van der Waals surface area contributed by atoms with Crippen molar-refractivity contribution in [3.63, 3.8) is 0 Å². The highest BCUT2D eigenvalue weighted by molar-refractivity contribution is 7.92. The van der Waals surface area contributed by atoms with E-state index in [1.54, 1.807) is 0 Å². The standard InChI is InChI=1S/C9H17NO4S/c1-3-15(12,13)10-6-4-5-9(11,7-10)8-14-2/h3,11H,1,4-8H2,2H3. The Morgan fingerprint density at radius 2 is 2.33 bits per heavy atom. The van der Waals surface area contributed by atoms with Crippen LogP contribution in [-0.4, -0.2) is 50.2 Å². The molecule has 1 N–H and O–H groups in total. The number of sulfonamides is 1. The fourth-order valence-corrected chi connectivity index (χ4v) is 2.79. The number of rotatable bonds is 4. The zero-order chi connectivity index (χ0) is 11.5. The average molecular weight is 235 g/mol. The smallest absolute Gasteiger partial charge is 0.235 e. The lowest BCUT2D eigenvalue weighted by atomic mass is 9.95. The van der Waals surface area contributed by atoms with Crippen LogP contribution in [0, 0.1) is 0 Å². The predicted octanol–water partition coefficient (Wildman–Crippen LogP) is -0.0670. The van der Waals surface area contributed by atoms with E-state index in [0.29, 0.717) is 19.4 Å². The van der Waals surface area contributed by atoms with Gasteiger partial charge in [-0.1, -0.05) is 6.58 Å². The van der Waals surface area contributed by atoms with E-state index in [1.165, 1.54) is 11.4 Å². The van der Waals surface area contributed by atoms with Gasteiger partial charge in [0.1, 0.15) is 5.60 Å². The highest BCUT2D eigenvalue weighted by Crippen LogP contribution is 2.23. The molecule has 15 heavy (non-hydrogen) atoms. The fraction of sp³-hybridized carbons (Fsp3) is 0.778. The average Bonchev–Trinajstić information content (AvgIpc) is 2.18.